The summed E-state index contributed by atoms with van der Waals surface area (Å²) in [5, 5.41) is 0.163. The Morgan fingerprint density at radius 2 is 1.74 bits per heavy atom. The van der Waals surface area contributed by atoms with Crippen LogP contribution in [-0.4, -0.2) is 39.5 Å². The number of ketones is 1. The minimum atomic E-state index is -0.193. The molecule has 4 nitrogen and oxygen atoms in total. The van der Waals surface area contributed by atoms with E-state index in [1.54, 1.807) is 11.8 Å². The lowest BCUT2D eigenvalue weighted by Crippen LogP contribution is -2.37. The van der Waals surface area contributed by atoms with Crippen LogP contribution in [-0.2, 0) is 14.4 Å². The van der Waals surface area contributed by atoms with Crippen LogP contribution in [0, 0.1) is 17.8 Å². The molecule has 2 aliphatic rings. The van der Waals surface area contributed by atoms with Gasteiger partial charge in [0, 0.05) is 24.8 Å². The van der Waals surface area contributed by atoms with Crippen LogP contribution in [0.5, 0.6) is 0 Å². The van der Waals surface area contributed by atoms with E-state index < -0.39 is 0 Å². The molecule has 1 atom stereocenters. The Balaban J connectivity index is 1.85. The Labute approximate surface area is 143 Å². The standard InChI is InChI=1S/C18H29NO3S/c1-11(2)17(21)14-7-5-13(6-8-14)10-19-16(20)9-15(18(19)22)23-12(3)4/h11-15H,5-10H2,1-4H3/t13-,14-,15?. The Bertz CT molecular complexity index is 467. The Kier molecular flexibility index (Phi) is 6.29. The van der Waals surface area contributed by atoms with Crippen molar-refractivity contribution in [3.05, 3.63) is 0 Å². The van der Waals surface area contributed by atoms with Gasteiger partial charge in [0.1, 0.15) is 5.78 Å². The Hall–Kier alpha value is -0.840. The molecule has 1 heterocycles. The van der Waals surface area contributed by atoms with Crippen molar-refractivity contribution in [2.24, 2.45) is 17.8 Å². The number of carbonyl (C=O) groups is 3. The van der Waals surface area contributed by atoms with Gasteiger partial charge in [-0.05, 0) is 36.9 Å². The van der Waals surface area contributed by atoms with E-state index in [9.17, 15) is 14.4 Å². The van der Waals surface area contributed by atoms with E-state index in [1.807, 2.05) is 13.8 Å². The molecule has 23 heavy (non-hydrogen) atoms. The zero-order valence-corrected chi connectivity index (χ0v) is 15.5. The summed E-state index contributed by atoms with van der Waals surface area (Å²) in [6.45, 7) is 8.58. The number of likely N-dealkylation sites (tertiary alicyclic amines) is 1. The molecule has 130 valence electrons. The minimum Gasteiger partial charge on any atom is -0.299 e. The molecule has 5 heteroatoms. The van der Waals surface area contributed by atoms with Gasteiger partial charge in [0.05, 0.1) is 5.25 Å². The molecule has 0 aromatic heterocycles. The fourth-order valence-corrected chi connectivity index (χ4v) is 4.78. The van der Waals surface area contributed by atoms with Crippen LogP contribution < -0.4 is 0 Å². The second-order valence-electron chi connectivity index (χ2n) is 7.49. The molecular weight excluding hydrogens is 310 g/mol. The first-order valence-electron chi connectivity index (χ1n) is 8.83. The summed E-state index contributed by atoms with van der Waals surface area (Å²) in [7, 11) is 0. The van der Waals surface area contributed by atoms with Gasteiger partial charge in [0.15, 0.2) is 0 Å². The summed E-state index contributed by atoms with van der Waals surface area (Å²) in [6, 6.07) is 0. The van der Waals surface area contributed by atoms with Crippen molar-refractivity contribution >= 4 is 29.4 Å². The second kappa shape index (κ2) is 7.82. The average Bonchev–Trinajstić information content (AvgIpc) is 2.74. The molecule has 0 spiro atoms. The van der Waals surface area contributed by atoms with Gasteiger partial charge in [-0.1, -0.05) is 27.7 Å². The van der Waals surface area contributed by atoms with Crippen LogP contribution in [0.15, 0.2) is 0 Å². The zero-order valence-electron chi connectivity index (χ0n) is 14.7. The number of rotatable bonds is 6. The van der Waals surface area contributed by atoms with Crippen molar-refractivity contribution < 1.29 is 14.4 Å². The van der Waals surface area contributed by atoms with Gasteiger partial charge in [-0.15, -0.1) is 11.8 Å². The summed E-state index contributed by atoms with van der Waals surface area (Å²) in [5.74, 6) is 0.988. The van der Waals surface area contributed by atoms with Gasteiger partial charge < -0.3 is 0 Å². The molecule has 1 saturated heterocycles. The van der Waals surface area contributed by atoms with E-state index in [2.05, 4.69) is 13.8 Å². The molecule has 2 amide bonds. The SMILES string of the molecule is CC(C)SC1CC(=O)N(C[C@H]2CC[C@H](C(=O)C(C)C)CC2)C1=O. The van der Waals surface area contributed by atoms with E-state index in [4.69, 9.17) is 0 Å². The van der Waals surface area contributed by atoms with Crippen LogP contribution in [0.3, 0.4) is 0 Å². The second-order valence-corrected chi connectivity index (χ2v) is 9.28. The highest BCUT2D eigenvalue weighted by Gasteiger charge is 2.40. The summed E-state index contributed by atoms with van der Waals surface area (Å²) in [4.78, 5) is 38.1. The van der Waals surface area contributed by atoms with E-state index in [1.165, 1.54) is 4.90 Å². The molecule has 0 N–H and O–H groups in total. The predicted octanol–water partition coefficient (Wildman–Crippen LogP) is 3.29. The van der Waals surface area contributed by atoms with Crippen LogP contribution in [0.4, 0.5) is 0 Å². The van der Waals surface area contributed by atoms with Gasteiger partial charge >= 0.3 is 0 Å². The highest BCUT2D eigenvalue weighted by atomic mass is 32.2. The number of Topliss-reactive ketones (excluding diaryl/α,β-unsaturated/α-hetero) is 1. The maximum absolute atomic E-state index is 12.4. The minimum absolute atomic E-state index is 0.00548. The molecule has 0 radical (unpaired) electrons. The first-order chi connectivity index (χ1) is 10.8. The number of imide groups is 1. The van der Waals surface area contributed by atoms with Crippen LogP contribution >= 0.6 is 11.8 Å². The first kappa shape index (κ1) is 18.5. The first-order valence-corrected chi connectivity index (χ1v) is 9.77. The molecule has 0 aromatic carbocycles. The number of thioether (sulfide) groups is 1. The fourth-order valence-electron chi connectivity index (χ4n) is 3.64. The zero-order chi connectivity index (χ0) is 17.1. The molecule has 1 unspecified atom stereocenters. The quantitative estimate of drug-likeness (QED) is 0.697. The molecule has 1 aliphatic heterocycles. The average molecular weight is 340 g/mol. The molecule has 1 saturated carbocycles. The van der Waals surface area contributed by atoms with E-state index in [0.717, 1.165) is 25.7 Å². The third-order valence-corrected chi connectivity index (χ3v) is 6.14. The van der Waals surface area contributed by atoms with Gasteiger partial charge in [-0.3, -0.25) is 19.3 Å². The molecule has 2 fully saturated rings. The van der Waals surface area contributed by atoms with Crippen LogP contribution in [0.25, 0.3) is 0 Å². The van der Waals surface area contributed by atoms with Crippen molar-refractivity contribution in [3.8, 4) is 0 Å². The third-order valence-electron chi connectivity index (χ3n) is 4.90. The molecule has 1 aliphatic carbocycles. The van der Waals surface area contributed by atoms with Crippen molar-refractivity contribution in [3.63, 3.8) is 0 Å². The van der Waals surface area contributed by atoms with Crippen molar-refractivity contribution in [1.82, 2.24) is 4.90 Å². The highest BCUT2D eigenvalue weighted by molar-refractivity contribution is 8.01. The maximum atomic E-state index is 12.4. The lowest BCUT2D eigenvalue weighted by molar-refractivity contribution is -0.139. The highest BCUT2D eigenvalue weighted by Crippen LogP contribution is 2.34. The van der Waals surface area contributed by atoms with Gasteiger partial charge in [0.2, 0.25) is 11.8 Å². The van der Waals surface area contributed by atoms with Gasteiger partial charge in [0.25, 0.3) is 0 Å². The number of hydrogen-bond donors (Lipinski definition) is 0. The normalized spacial score (nSPS) is 29.0. The van der Waals surface area contributed by atoms with Crippen molar-refractivity contribution in [2.75, 3.05) is 6.54 Å². The largest absolute Gasteiger partial charge is 0.299 e. The number of hydrogen-bond acceptors (Lipinski definition) is 4. The summed E-state index contributed by atoms with van der Waals surface area (Å²) >= 11 is 1.59. The summed E-state index contributed by atoms with van der Waals surface area (Å²) < 4.78 is 0. The lowest BCUT2D eigenvalue weighted by Gasteiger charge is -2.30. The van der Waals surface area contributed by atoms with Crippen molar-refractivity contribution in [2.45, 2.75) is 70.3 Å². The topological polar surface area (TPSA) is 54.5 Å². The van der Waals surface area contributed by atoms with E-state index >= 15 is 0 Å². The third kappa shape index (κ3) is 4.59. The lowest BCUT2D eigenvalue weighted by atomic mass is 9.77. The Morgan fingerprint density at radius 1 is 1.13 bits per heavy atom. The molecule has 2 rings (SSSR count). The molecule has 0 aromatic rings. The molecule has 0 bridgehead atoms. The number of nitrogens with zero attached hydrogens (tertiary/aromatic N) is 1. The smallest absolute Gasteiger partial charge is 0.242 e. The molecular formula is C18H29NO3S. The van der Waals surface area contributed by atoms with Crippen LogP contribution in [0.1, 0.15) is 59.8 Å². The van der Waals surface area contributed by atoms with Gasteiger partial charge in [-0.2, -0.15) is 0 Å². The van der Waals surface area contributed by atoms with Crippen LogP contribution in [0.2, 0.25) is 0 Å². The monoisotopic (exact) mass is 339 g/mol. The number of carbonyl (C=O) groups excluding carboxylic acids is 3. The summed E-state index contributed by atoms with van der Waals surface area (Å²) in [5.41, 5.74) is 0. The fraction of sp³-hybridized carbons (Fsp3) is 0.833. The number of amides is 2. The van der Waals surface area contributed by atoms with Crippen molar-refractivity contribution in [1.29, 1.82) is 0 Å². The predicted molar refractivity (Wildman–Crippen MR) is 93.1 cm³/mol. The Morgan fingerprint density at radius 3 is 2.26 bits per heavy atom. The summed E-state index contributed by atoms with van der Waals surface area (Å²) in [6.07, 6.45) is 4.05. The van der Waals surface area contributed by atoms with Gasteiger partial charge in [-0.25, -0.2) is 0 Å². The van der Waals surface area contributed by atoms with E-state index in [-0.39, 0.29) is 28.9 Å². The maximum Gasteiger partial charge on any atom is 0.242 e. The van der Waals surface area contributed by atoms with E-state index in [0.29, 0.717) is 29.9 Å².